The molecule has 2 rings (SSSR count). The van der Waals surface area contributed by atoms with Crippen LogP contribution in [0.5, 0.6) is 0 Å². The monoisotopic (exact) mass is 314 g/mol. The summed E-state index contributed by atoms with van der Waals surface area (Å²) in [6, 6.07) is 0.954. The number of amides is 2. The van der Waals surface area contributed by atoms with Crippen LogP contribution in [0.4, 0.5) is 13.2 Å². The Morgan fingerprint density at radius 2 is 1.82 bits per heavy atom. The minimum atomic E-state index is -1.34. The first-order valence-corrected chi connectivity index (χ1v) is 6.56. The molecule has 5 nitrogen and oxygen atoms in total. The van der Waals surface area contributed by atoms with Crippen LogP contribution in [0.3, 0.4) is 0 Å². The summed E-state index contributed by atoms with van der Waals surface area (Å²) < 4.78 is 39.2. The molecule has 0 atom stereocenters. The Morgan fingerprint density at radius 3 is 2.50 bits per heavy atom. The second-order valence-corrected chi connectivity index (χ2v) is 4.92. The lowest BCUT2D eigenvalue weighted by molar-refractivity contribution is -0.140. The number of Topliss-reactive ketones (excluding diaryl/α,β-unsaturated/α-hetero) is 1. The predicted octanol–water partition coefficient (Wildman–Crippen LogP) is 0.564. The molecule has 0 aromatic heterocycles. The number of halogens is 3. The zero-order chi connectivity index (χ0) is 16.3. The van der Waals surface area contributed by atoms with Gasteiger partial charge in [-0.25, -0.2) is 13.2 Å². The van der Waals surface area contributed by atoms with E-state index in [-0.39, 0.29) is 24.6 Å². The van der Waals surface area contributed by atoms with Gasteiger partial charge in [0, 0.05) is 25.6 Å². The molecule has 2 amide bonds. The normalized spacial score (nSPS) is 14.7. The Kier molecular flexibility index (Phi) is 4.79. The van der Waals surface area contributed by atoms with Gasteiger partial charge < -0.3 is 10.2 Å². The van der Waals surface area contributed by atoms with Crippen molar-refractivity contribution < 1.29 is 27.6 Å². The van der Waals surface area contributed by atoms with E-state index in [4.69, 9.17) is 0 Å². The lowest BCUT2D eigenvalue weighted by atomic mass is 10.1. The van der Waals surface area contributed by atoms with Crippen molar-refractivity contribution in [2.75, 3.05) is 19.6 Å². The number of hydrogen-bond donors (Lipinski definition) is 1. The van der Waals surface area contributed by atoms with Crippen molar-refractivity contribution in [3.8, 4) is 0 Å². The first-order valence-electron chi connectivity index (χ1n) is 6.56. The number of carbonyl (C=O) groups is 3. The van der Waals surface area contributed by atoms with E-state index < -0.39 is 42.0 Å². The maximum Gasteiger partial charge on any atom is 0.239 e. The molecule has 1 aromatic carbocycles. The average molecular weight is 314 g/mol. The van der Waals surface area contributed by atoms with Gasteiger partial charge in [0.1, 0.15) is 11.6 Å². The topological polar surface area (TPSA) is 66.5 Å². The summed E-state index contributed by atoms with van der Waals surface area (Å²) in [5, 5.41) is 2.53. The summed E-state index contributed by atoms with van der Waals surface area (Å²) in [7, 11) is 0. The van der Waals surface area contributed by atoms with E-state index in [1.807, 2.05) is 0 Å². The number of piperazine rings is 1. The Labute approximate surface area is 124 Å². The van der Waals surface area contributed by atoms with Gasteiger partial charge in [-0.1, -0.05) is 0 Å². The highest BCUT2D eigenvalue weighted by molar-refractivity contribution is 6.00. The van der Waals surface area contributed by atoms with Gasteiger partial charge in [0.05, 0.1) is 13.0 Å². The molecule has 1 aliphatic rings. The smallest absolute Gasteiger partial charge is 0.239 e. The number of nitrogens with zero attached hydrogens (tertiary/aromatic N) is 1. The molecule has 1 fully saturated rings. The predicted molar refractivity (Wildman–Crippen MR) is 69.2 cm³/mol. The minimum Gasteiger partial charge on any atom is -0.353 e. The molecule has 1 aliphatic heterocycles. The fourth-order valence-electron chi connectivity index (χ4n) is 2.11. The molecule has 0 bridgehead atoms. The molecule has 22 heavy (non-hydrogen) atoms. The van der Waals surface area contributed by atoms with Crippen LogP contribution < -0.4 is 5.32 Å². The third-order valence-electron chi connectivity index (χ3n) is 3.22. The largest absolute Gasteiger partial charge is 0.353 e. The summed E-state index contributed by atoms with van der Waals surface area (Å²) in [6.07, 6.45) is -1.04. The van der Waals surface area contributed by atoms with Gasteiger partial charge in [0.15, 0.2) is 11.6 Å². The van der Waals surface area contributed by atoms with Gasteiger partial charge >= 0.3 is 0 Å². The number of nitrogens with one attached hydrogen (secondary N) is 1. The first kappa shape index (κ1) is 16.0. The third kappa shape index (κ3) is 3.84. The van der Waals surface area contributed by atoms with Crippen LogP contribution in [0.2, 0.25) is 0 Å². The molecule has 8 heteroatoms. The van der Waals surface area contributed by atoms with E-state index in [2.05, 4.69) is 5.32 Å². The zero-order valence-electron chi connectivity index (χ0n) is 11.5. The summed E-state index contributed by atoms with van der Waals surface area (Å²) in [5.41, 5.74) is -0.312. The van der Waals surface area contributed by atoms with E-state index in [0.717, 1.165) is 0 Å². The molecule has 1 heterocycles. The number of hydrogen-bond acceptors (Lipinski definition) is 3. The van der Waals surface area contributed by atoms with E-state index in [0.29, 0.717) is 18.7 Å². The lowest BCUT2D eigenvalue weighted by Gasteiger charge is -2.26. The molecule has 1 saturated heterocycles. The van der Waals surface area contributed by atoms with E-state index >= 15 is 0 Å². The summed E-state index contributed by atoms with van der Waals surface area (Å²) in [5.74, 6) is -5.16. The maximum absolute atomic E-state index is 13.4. The van der Waals surface area contributed by atoms with Crippen molar-refractivity contribution in [3.63, 3.8) is 0 Å². The molecule has 118 valence electrons. The SMILES string of the molecule is O=C(CC(=O)N1CCNC(=O)C1)Cc1cc(F)c(F)cc1F. The van der Waals surface area contributed by atoms with Crippen molar-refractivity contribution in [2.24, 2.45) is 0 Å². The highest BCUT2D eigenvalue weighted by Gasteiger charge is 2.23. The van der Waals surface area contributed by atoms with Gasteiger partial charge in [-0.2, -0.15) is 0 Å². The van der Waals surface area contributed by atoms with Crippen LogP contribution in [-0.2, 0) is 20.8 Å². The van der Waals surface area contributed by atoms with Crippen molar-refractivity contribution >= 4 is 17.6 Å². The van der Waals surface area contributed by atoms with Gasteiger partial charge in [0.25, 0.3) is 0 Å². The second kappa shape index (κ2) is 6.59. The molecule has 0 spiro atoms. The Bertz CT molecular complexity index is 634. The van der Waals surface area contributed by atoms with Gasteiger partial charge in [-0.15, -0.1) is 0 Å². The number of carbonyl (C=O) groups excluding carboxylic acids is 3. The molecular weight excluding hydrogens is 301 g/mol. The van der Waals surface area contributed by atoms with Crippen molar-refractivity contribution in [2.45, 2.75) is 12.8 Å². The summed E-state index contributed by atoms with van der Waals surface area (Å²) >= 11 is 0. The van der Waals surface area contributed by atoms with E-state index in [1.54, 1.807) is 0 Å². The van der Waals surface area contributed by atoms with Crippen LogP contribution in [0.25, 0.3) is 0 Å². The fourth-order valence-corrected chi connectivity index (χ4v) is 2.11. The van der Waals surface area contributed by atoms with Crippen LogP contribution in [0.15, 0.2) is 12.1 Å². The maximum atomic E-state index is 13.4. The van der Waals surface area contributed by atoms with Crippen LogP contribution in [-0.4, -0.2) is 42.1 Å². The van der Waals surface area contributed by atoms with Crippen molar-refractivity contribution in [3.05, 3.63) is 35.1 Å². The Morgan fingerprint density at radius 1 is 1.14 bits per heavy atom. The molecule has 1 aromatic rings. The second-order valence-electron chi connectivity index (χ2n) is 4.92. The van der Waals surface area contributed by atoms with Crippen LogP contribution in [0.1, 0.15) is 12.0 Å². The van der Waals surface area contributed by atoms with Gasteiger partial charge in [0.2, 0.25) is 11.8 Å². The standard InChI is InChI=1S/C14H13F3N2O3/c15-10-6-12(17)11(16)4-8(10)3-9(20)5-14(22)19-2-1-18-13(21)7-19/h4,6H,1-3,5,7H2,(H,18,21). The Hall–Kier alpha value is -2.38. The van der Waals surface area contributed by atoms with Crippen LogP contribution >= 0.6 is 0 Å². The van der Waals surface area contributed by atoms with Crippen LogP contribution in [0, 0.1) is 17.5 Å². The third-order valence-corrected chi connectivity index (χ3v) is 3.22. The van der Waals surface area contributed by atoms with E-state index in [9.17, 15) is 27.6 Å². The minimum absolute atomic E-state index is 0.133. The molecule has 0 aliphatic carbocycles. The molecule has 0 unspecified atom stereocenters. The summed E-state index contributed by atoms with van der Waals surface area (Å²) in [4.78, 5) is 36.0. The Balaban J connectivity index is 1.97. The highest BCUT2D eigenvalue weighted by atomic mass is 19.2. The highest BCUT2D eigenvalue weighted by Crippen LogP contribution is 2.15. The average Bonchev–Trinajstić information content (AvgIpc) is 2.44. The quantitative estimate of drug-likeness (QED) is 0.652. The number of benzene rings is 1. The zero-order valence-corrected chi connectivity index (χ0v) is 11.5. The van der Waals surface area contributed by atoms with E-state index in [1.165, 1.54) is 4.90 Å². The van der Waals surface area contributed by atoms with Crippen molar-refractivity contribution in [1.82, 2.24) is 10.2 Å². The van der Waals surface area contributed by atoms with Crippen molar-refractivity contribution in [1.29, 1.82) is 0 Å². The molecule has 1 N–H and O–H groups in total. The lowest BCUT2D eigenvalue weighted by Crippen LogP contribution is -2.50. The first-order chi connectivity index (χ1) is 10.4. The molecule has 0 radical (unpaired) electrons. The number of rotatable bonds is 4. The number of ketones is 1. The van der Waals surface area contributed by atoms with Gasteiger partial charge in [-0.3, -0.25) is 14.4 Å². The fraction of sp³-hybridized carbons (Fsp3) is 0.357. The summed E-state index contributed by atoms with van der Waals surface area (Å²) in [6.45, 7) is 0.458. The van der Waals surface area contributed by atoms with Gasteiger partial charge in [-0.05, 0) is 11.6 Å². The molecule has 0 saturated carbocycles. The molecular formula is C14H13F3N2O3.